The molecule has 2 heterocycles. The van der Waals surface area contributed by atoms with Crippen molar-refractivity contribution in [1.82, 2.24) is 10.2 Å². The molecule has 0 aliphatic carbocycles. The second-order valence-electron chi connectivity index (χ2n) is 8.24. The lowest BCUT2D eigenvalue weighted by molar-refractivity contribution is -0.167. The van der Waals surface area contributed by atoms with E-state index < -0.39 is 5.60 Å². The van der Waals surface area contributed by atoms with Gasteiger partial charge in [-0.1, -0.05) is 48.5 Å². The summed E-state index contributed by atoms with van der Waals surface area (Å²) in [7, 11) is 0. The van der Waals surface area contributed by atoms with E-state index in [4.69, 9.17) is 9.47 Å². The Balaban J connectivity index is 1.45. The largest absolute Gasteiger partial charge is 0.491 e. The van der Waals surface area contributed by atoms with Crippen molar-refractivity contribution in [3.05, 3.63) is 65.7 Å². The Kier molecular flexibility index (Phi) is 6.87. The average molecular weight is 423 g/mol. The summed E-state index contributed by atoms with van der Waals surface area (Å²) < 4.78 is 12.0. The van der Waals surface area contributed by atoms with Crippen LogP contribution in [0.3, 0.4) is 0 Å². The molecule has 2 amide bonds. The van der Waals surface area contributed by atoms with Crippen LogP contribution in [0.15, 0.2) is 54.6 Å². The second kappa shape index (κ2) is 9.96. The number of hydrogen-bond acceptors (Lipinski definition) is 4. The monoisotopic (exact) mass is 422 g/mol. The van der Waals surface area contributed by atoms with Crippen molar-refractivity contribution >= 4 is 11.8 Å². The normalized spacial score (nSPS) is 22.5. The van der Waals surface area contributed by atoms with Gasteiger partial charge >= 0.3 is 0 Å². The molecule has 2 aromatic carbocycles. The van der Waals surface area contributed by atoms with Crippen LogP contribution in [0.1, 0.15) is 30.4 Å². The molecule has 1 atom stereocenters. The molecule has 2 aliphatic rings. The molecule has 1 N–H and O–H groups in total. The Labute approximate surface area is 183 Å². The third-order valence-electron chi connectivity index (χ3n) is 6.05. The van der Waals surface area contributed by atoms with Gasteiger partial charge in [0.1, 0.15) is 12.4 Å². The van der Waals surface area contributed by atoms with Gasteiger partial charge in [-0.05, 0) is 42.9 Å². The number of amides is 2. The van der Waals surface area contributed by atoms with Crippen molar-refractivity contribution < 1.29 is 19.1 Å². The molecule has 2 aromatic rings. The van der Waals surface area contributed by atoms with Crippen LogP contribution in [0.4, 0.5) is 0 Å². The molecule has 0 radical (unpaired) electrons. The van der Waals surface area contributed by atoms with Crippen LogP contribution >= 0.6 is 0 Å². The highest BCUT2D eigenvalue weighted by Crippen LogP contribution is 2.28. The Bertz CT molecular complexity index is 901. The van der Waals surface area contributed by atoms with E-state index in [2.05, 4.69) is 11.4 Å². The van der Waals surface area contributed by atoms with Crippen LogP contribution in [0, 0.1) is 0 Å². The molecule has 0 aromatic heterocycles. The topological polar surface area (TPSA) is 67.9 Å². The molecule has 1 spiro atoms. The summed E-state index contributed by atoms with van der Waals surface area (Å²) >= 11 is 0. The van der Waals surface area contributed by atoms with Gasteiger partial charge in [-0.15, -0.1) is 0 Å². The molecule has 6 heteroatoms. The number of nitrogens with one attached hydrogen (secondary N) is 1. The molecule has 0 bridgehead atoms. The fourth-order valence-electron chi connectivity index (χ4n) is 4.35. The summed E-state index contributed by atoms with van der Waals surface area (Å²) in [5.74, 6) is 0.769. The highest BCUT2D eigenvalue weighted by atomic mass is 16.5. The average Bonchev–Trinajstić information content (AvgIpc) is 2.80. The lowest BCUT2D eigenvalue weighted by Gasteiger charge is -2.42. The Morgan fingerprint density at radius 3 is 2.71 bits per heavy atom. The summed E-state index contributed by atoms with van der Waals surface area (Å²) in [4.78, 5) is 27.9. The van der Waals surface area contributed by atoms with Crippen molar-refractivity contribution in [2.24, 2.45) is 0 Å². The predicted molar refractivity (Wildman–Crippen MR) is 118 cm³/mol. The number of rotatable bonds is 2. The summed E-state index contributed by atoms with van der Waals surface area (Å²) in [5, 5.41) is 2.97. The van der Waals surface area contributed by atoms with Gasteiger partial charge in [-0.3, -0.25) is 9.59 Å². The van der Waals surface area contributed by atoms with Crippen molar-refractivity contribution in [1.29, 1.82) is 0 Å². The number of carbonyl (C=O) groups excluding carboxylic acids is 2. The van der Waals surface area contributed by atoms with E-state index >= 15 is 0 Å². The molecule has 1 unspecified atom stereocenters. The minimum absolute atomic E-state index is 0.0325. The molecule has 6 nitrogen and oxygen atoms in total. The number of hydrogen-bond donors (Lipinski definition) is 1. The van der Waals surface area contributed by atoms with Crippen molar-refractivity contribution in [2.45, 2.75) is 37.7 Å². The quantitative estimate of drug-likeness (QED) is 0.808. The summed E-state index contributed by atoms with van der Waals surface area (Å²) in [6, 6.07) is 17.8. The predicted octanol–water partition coefficient (Wildman–Crippen LogP) is 2.75. The number of morpholine rings is 1. The number of para-hydroxylation sites is 1. The van der Waals surface area contributed by atoms with Gasteiger partial charge < -0.3 is 19.7 Å². The Morgan fingerprint density at radius 1 is 1.03 bits per heavy atom. The maximum atomic E-state index is 13.1. The zero-order valence-electron chi connectivity index (χ0n) is 17.8. The van der Waals surface area contributed by atoms with Gasteiger partial charge in [0.15, 0.2) is 5.60 Å². The minimum atomic E-state index is -0.997. The summed E-state index contributed by atoms with van der Waals surface area (Å²) in [6.45, 7) is 1.97. The molecule has 1 fully saturated rings. The van der Waals surface area contributed by atoms with E-state index in [1.54, 1.807) is 4.90 Å². The number of ether oxygens (including phenoxy) is 2. The smallest absolute Gasteiger partial charge is 0.254 e. The van der Waals surface area contributed by atoms with E-state index in [0.717, 1.165) is 30.6 Å². The van der Waals surface area contributed by atoms with Gasteiger partial charge in [0.25, 0.3) is 5.91 Å². The van der Waals surface area contributed by atoms with E-state index in [1.165, 1.54) is 5.56 Å². The third kappa shape index (κ3) is 5.25. The molecule has 1 saturated heterocycles. The maximum absolute atomic E-state index is 13.1. The number of aryl methyl sites for hydroxylation is 1. The highest BCUT2D eigenvalue weighted by Gasteiger charge is 2.44. The highest BCUT2D eigenvalue weighted by molar-refractivity contribution is 5.87. The minimum Gasteiger partial charge on any atom is -0.491 e. The van der Waals surface area contributed by atoms with Crippen LogP contribution in [-0.4, -0.2) is 55.2 Å². The van der Waals surface area contributed by atoms with Crippen LogP contribution in [0.2, 0.25) is 0 Å². The first-order chi connectivity index (χ1) is 15.2. The van der Waals surface area contributed by atoms with Crippen LogP contribution in [0.5, 0.6) is 5.75 Å². The van der Waals surface area contributed by atoms with E-state index in [1.807, 2.05) is 48.5 Å². The van der Waals surface area contributed by atoms with Crippen LogP contribution < -0.4 is 10.1 Å². The zero-order valence-corrected chi connectivity index (χ0v) is 17.8. The first-order valence-electron chi connectivity index (χ1n) is 11.1. The number of nitrogens with zero attached hydrogens (tertiary/aromatic N) is 1. The fraction of sp³-hybridized carbons (Fsp3) is 0.440. The van der Waals surface area contributed by atoms with Crippen molar-refractivity contribution in [2.75, 3.05) is 32.8 Å². The first kappa shape index (κ1) is 21.4. The summed E-state index contributed by atoms with van der Waals surface area (Å²) in [5.41, 5.74) is 1.17. The standard InChI is InChI=1S/C25H30N2O4/c28-23(18-20-8-2-1-3-9-20)27-15-17-31-25(19-27)13-7-6-11-21-10-4-5-12-22(21)30-16-14-26-24(25)29/h1-5,8-10,12H,6-7,11,13-19H2,(H,26,29). The lowest BCUT2D eigenvalue weighted by atomic mass is 9.91. The zero-order chi connectivity index (χ0) is 21.5. The molecule has 2 aliphatic heterocycles. The molecule has 31 heavy (non-hydrogen) atoms. The van der Waals surface area contributed by atoms with Gasteiger partial charge in [-0.25, -0.2) is 0 Å². The van der Waals surface area contributed by atoms with Crippen molar-refractivity contribution in [3.8, 4) is 5.75 Å². The third-order valence-corrected chi connectivity index (χ3v) is 6.05. The SMILES string of the molecule is O=C(Cc1ccccc1)N1CCOC2(CCCCc3ccccc3OCCNC2=O)C1. The molecular formula is C25H30N2O4. The van der Waals surface area contributed by atoms with Gasteiger partial charge in [0, 0.05) is 6.54 Å². The number of fused-ring (bicyclic) bond motifs is 1. The van der Waals surface area contributed by atoms with Gasteiger partial charge in [0.2, 0.25) is 5.91 Å². The van der Waals surface area contributed by atoms with E-state index in [-0.39, 0.29) is 11.8 Å². The van der Waals surface area contributed by atoms with Gasteiger partial charge in [0.05, 0.1) is 26.1 Å². The first-order valence-corrected chi connectivity index (χ1v) is 11.1. The molecular weight excluding hydrogens is 392 g/mol. The molecule has 0 saturated carbocycles. The molecule has 164 valence electrons. The van der Waals surface area contributed by atoms with Crippen LogP contribution in [-0.2, 0) is 27.2 Å². The van der Waals surface area contributed by atoms with Crippen LogP contribution in [0.25, 0.3) is 0 Å². The fourth-order valence-corrected chi connectivity index (χ4v) is 4.35. The molecule has 4 rings (SSSR count). The summed E-state index contributed by atoms with van der Waals surface area (Å²) in [6.07, 6.45) is 3.59. The van der Waals surface area contributed by atoms with E-state index in [0.29, 0.717) is 45.7 Å². The Hall–Kier alpha value is -2.86. The Morgan fingerprint density at radius 2 is 1.84 bits per heavy atom. The lowest BCUT2D eigenvalue weighted by Crippen LogP contribution is -2.61. The second-order valence-corrected chi connectivity index (χ2v) is 8.24. The van der Waals surface area contributed by atoms with Gasteiger partial charge in [-0.2, -0.15) is 0 Å². The van der Waals surface area contributed by atoms with E-state index in [9.17, 15) is 9.59 Å². The maximum Gasteiger partial charge on any atom is 0.254 e. The number of benzene rings is 2. The number of carbonyl (C=O) groups is 2. The van der Waals surface area contributed by atoms with Crippen molar-refractivity contribution in [3.63, 3.8) is 0 Å².